The minimum Gasteiger partial charge on any atom is -0.342 e. The number of carbonyl (C=O) groups is 1. The Morgan fingerprint density at radius 1 is 1.32 bits per heavy atom. The number of likely N-dealkylation sites (tertiary alicyclic amines) is 1. The Labute approximate surface area is 119 Å². The maximum atomic E-state index is 12.3. The summed E-state index contributed by atoms with van der Waals surface area (Å²) in [5.41, 5.74) is 0.0934. The molecular weight excluding hydrogens is 236 g/mol. The third-order valence-electron chi connectivity index (χ3n) is 3.95. The van der Waals surface area contributed by atoms with Crippen molar-refractivity contribution in [2.24, 2.45) is 11.3 Å². The molecular formula is C16H32N2O. The van der Waals surface area contributed by atoms with Gasteiger partial charge in [-0.15, -0.1) is 0 Å². The lowest BCUT2D eigenvalue weighted by molar-refractivity contribution is -0.135. The maximum Gasteiger partial charge on any atom is 0.223 e. The van der Waals surface area contributed by atoms with E-state index in [1.807, 2.05) is 0 Å². The maximum absolute atomic E-state index is 12.3. The lowest BCUT2D eigenvalue weighted by atomic mass is 9.87. The van der Waals surface area contributed by atoms with Crippen LogP contribution in [0, 0.1) is 11.3 Å². The molecule has 0 radical (unpaired) electrons. The lowest BCUT2D eigenvalue weighted by Gasteiger charge is -2.39. The van der Waals surface area contributed by atoms with Gasteiger partial charge in [0.2, 0.25) is 5.91 Å². The number of nitrogens with zero attached hydrogens (tertiary/aromatic N) is 1. The van der Waals surface area contributed by atoms with Gasteiger partial charge in [0.15, 0.2) is 0 Å². The molecule has 1 heterocycles. The van der Waals surface area contributed by atoms with Crippen molar-refractivity contribution in [1.29, 1.82) is 0 Å². The third-order valence-corrected chi connectivity index (χ3v) is 3.95. The number of piperidine rings is 1. The largest absolute Gasteiger partial charge is 0.342 e. The van der Waals surface area contributed by atoms with Crippen LogP contribution < -0.4 is 5.32 Å². The second kappa shape index (κ2) is 7.28. The van der Waals surface area contributed by atoms with Crippen LogP contribution in [-0.2, 0) is 4.79 Å². The summed E-state index contributed by atoms with van der Waals surface area (Å²) < 4.78 is 0. The van der Waals surface area contributed by atoms with E-state index in [1.54, 1.807) is 0 Å². The molecule has 19 heavy (non-hydrogen) atoms. The topological polar surface area (TPSA) is 32.3 Å². The second-order valence-corrected chi connectivity index (χ2v) is 7.09. The lowest BCUT2D eigenvalue weighted by Crippen LogP contribution is -2.51. The number of carbonyl (C=O) groups excluding carboxylic acids is 1. The SMILES string of the molecule is CCCNC1CCN(C(=O)CC(C)(C)C)CC1CC. The molecule has 1 saturated heterocycles. The highest BCUT2D eigenvalue weighted by Gasteiger charge is 2.31. The number of nitrogens with one attached hydrogen (secondary N) is 1. The molecule has 112 valence electrons. The highest BCUT2D eigenvalue weighted by Crippen LogP contribution is 2.24. The van der Waals surface area contributed by atoms with Gasteiger partial charge < -0.3 is 10.2 Å². The average Bonchev–Trinajstić information content (AvgIpc) is 2.34. The zero-order valence-corrected chi connectivity index (χ0v) is 13.5. The Morgan fingerprint density at radius 3 is 2.53 bits per heavy atom. The van der Waals surface area contributed by atoms with Crippen LogP contribution in [0.1, 0.15) is 60.3 Å². The van der Waals surface area contributed by atoms with Gasteiger partial charge in [0.1, 0.15) is 0 Å². The summed E-state index contributed by atoms with van der Waals surface area (Å²) in [7, 11) is 0. The summed E-state index contributed by atoms with van der Waals surface area (Å²) in [5, 5.41) is 3.64. The van der Waals surface area contributed by atoms with Crippen molar-refractivity contribution in [1.82, 2.24) is 10.2 Å². The first-order valence-electron chi connectivity index (χ1n) is 7.88. The van der Waals surface area contributed by atoms with E-state index >= 15 is 0 Å². The van der Waals surface area contributed by atoms with Gasteiger partial charge in [-0.25, -0.2) is 0 Å². The van der Waals surface area contributed by atoms with Crippen molar-refractivity contribution in [3.05, 3.63) is 0 Å². The molecule has 1 rings (SSSR count). The van der Waals surface area contributed by atoms with E-state index in [1.165, 1.54) is 6.42 Å². The van der Waals surface area contributed by atoms with Crippen LogP contribution in [0.2, 0.25) is 0 Å². The molecule has 0 bridgehead atoms. The highest BCUT2D eigenvalue weighted by atomic mass is 16.2. The Kier molecular flexibility index (Phi) is 6.31. The van der Waals surface area contributed by atoms with E-state index in [9.17, 15) is 4.79 Å². The molecule has 1 N–H and O–H groups in total. The van der Waals surface area contributed by atoms with Gasteiger partial charge in [0, 0.05) is 25.6 Å². The summed E-state index contributed by atoms with van der Waals surface area (Å²) in [6.45, 7) is 13.8. The van der Waals surface area contributed by atoms with Crippen LogP contribution in [0.15, 0.2) is 0 Å². The summed E-state index contributed by atoms with van der Waals surface area (Å²) in [4.78, 5) is 14.4. The molecule has 1 amide bonds. The Balaban J connectivity index is 2.51. The van der Waals surface area contributed by atoms with Gasteiger partial charge in [-0.1, -0.05) is 41.0 Å². The quantitative estimate of drug-likeness (QED) is 0.831. The Morgan fingerprint density at radius 2 is 2.00 bits per heavy atom. The molecule has 0 spiro atoms. The van der Waals surface area contributed by atoms with E-state index in [0.717, 1.165) is 32.5 Å². The molecule has 3 nitrogen and oxygen atoms in total. The Hall–Kier alpha value is -0.570. The normalized spacial score (nSPS) is 24.6. The molecule has 0 aromatic heterocycles. The fourth-order valence-electron chi connectivity index (χ4n) is 2.84. The van der Waals surface area contributed by atoms with E-state index in [-0.39, 0.29) is 5.41 Å². The number of hydrogen-bond donors (Lipinski definition) is 1. The van der Waals surface area contributed by atoms with Crippen LogP contribution in [0.3, 0.4) is 0 Å². The molecule has 2 unspecified atom stereocenters. The standard InChI is InChI=1S/C16H32N2O/c1-6-9-17-14-8-10-18(12-13(14)7-2)15(19)11-16(3,4)5/h13-14,17H,6-12H2,1-5H3. The van der Waals surface area contributed by atoms with Crippen LogP contribution >= 0.6 is 0 Å². The summed E-state index contributed by atoms with van der Waals surface area (Å²) in [5.74, 6) is 0.948. The van der Waals surface area contributed by atoms with E-state index in [0.29, 0.717) is 24.3 Å². The van der Waals surface area contributed by atoms with Crippen molar-refractivity contribution in [2.75, 3.05) is 19.6 Å². The van der Waals surface area contributed by atoms with Crippen molar-refractivity contribution in [3.8, 4) is 0 Å². The number of amides is 1. The monoisotopic (exact) mass is 268 g/mol. The Bertz CT molecular complexity index is 283. The van der Waals surface area contributed by atoms with Crippen molar-refractivity contribution >= 4 is 5.91 Å². The summed E-state index contributed by atoms with van der Waals surface area (Å²) >= 11 is 0. The molecule has 1 aliphatic rings. The van der Waals surface area contributed by atoms with Gasteiger partial charge in [0.05, 0.1) is 0 Å². The van der Waals surface area contributed by atoms with E-state index < -0.39 is 0 Å². The first-order chi connectivity index (χ1) is 8.87. The molecule has 0 aromatic carbocycles. The molecule has 3 heteroatoms. The molecule has 0 saturated carbocycles. The second-order valence-electron chi connectivity index (χ2n) is 7.09. The van der Waals surface area contributed by atoms with E-state index in [4.69, 9.17) is 0 Å². The third kappa shape index (κ3) is 5.52. The number of hydrogen-bond acceptors (Lipinski definition) is 2. The first-order valence-corrected chi connectivity index (χ1v) is 7.88. The van der Waals surface area contributed by atoms with Crippen LogP contribution in [-0.4, -0.2) is 36.5 Å². The van der Waals surface area contributed by atoms with Gasteiger partial charge >= 0.3 is 0 Å². The molecule has 1 aliphatic heterocycles. The highest BCUT2D eigenvalue weighted by molar-refractivity contribution is 5.76. The van der Waals surface area contributed by atoms with E-state index in [2.05, 4.69) is 44.8 Å². The fraction of sp³-hybridized carbons (Fsp3) is 0.938. The minimum absolute atomic E-state index is 0.0934. The first kappa shape index (κ1) is 16.5. The number of rotatable bonds is 5. The molecule has 1 fully saturated rings. The van der Waals surface area contributed by atoms with Gasteiger partial charge in [0.25, 0.3) is 0 Å². The summed E-state index contributed by atoms with van der Waals surface area (Å²) in [6.07, 6.45) is 4.10. The van der Waals surface area contributed by atoms with Crippen molar-refractivity contribution in [3.63, 3.8) is 0 Å². The molecule has 0 aromatic rings. The van der Waals surface area contributed by atoms with Gasteiger partial charge in [-0.2, -0.15) is 0 Å². The smallest absolute Gasteiger partial charge is 0.223 e. The van der Waals surface area contributed by atoms with Gasteiger partial charge in [-0.3, -0.25) is 4.79 Å². The summed E-state index contributed by atoms with van der Waals surface area (Å²) in [6, 6.07) is 0.601. The average molecular weight is 268 g/mol. The predicted molar refractivity (Wildman–Crippen MR) is 81.1 cm³/mol. The van der Waals surface area contributed by atoms with Crippen LogP contribution in [0.25, 0.3) is 0 Å². The van der Waals surface area contributed by atoms with Crippen molar-refractivity contribution in [2.45, 2.75) is 66.3 Å². The predicted octanol–water partition coefficient (Wildman–Crippen LogP) is 3.05. The minimum atomic E-state index is 0.0934. The fourth-order valence-corrected chi connectivity index (χ4v) is 2.84. The zero-order chi connectivity index (χ0) is 14.5. The molecule has 0 aliphatic carbocycles. The van der Waals surface area contributed by atoms with Gasteiger partial charge in [-0.05, 0) is 30.7 Å². The molecule has 2 atom stereocenters. The van der Waals surface area contributed by atoms with Crippen LogP contribution in [0.4, 0.5) is 0 Å². The zero-order valence-electron chi connectivity index (χ0n) is 13.5. The van der Waals surface area contributed by atoms with Crippen molar-refractivity contribution < 1.29 is 4.79 Å². The van der Waals surface area contributed by atoms with Crippen LogP contribution in [0.5, 0.6) is 0 Å².